The van der Waals surface area contributed by atoms with Crippen molar-refractivity contribution in [3.63, 3.8) is 0 Å². The number of hydrogen-bond acceptors (Lipinski definition) is 6. The Balaban J connectivity index is 2.05. The van der Waals surface area contributed by atoms with Crippen LogP contribution >= 0.6 is 0 Å². The van der Waals surface area contributed by atoms with E-state index in [2.05, 4.69) is 0 Å². The lowest BCUT2D eigenvalue weighted by Gasteiger charge is -2.20. The lowest BCUT2D eigenvalue weighted by atomic mass is 10.1. The molecule has 0 unspecified atom stereocenters. The number of carbonyl (C=O) groups is 1. The van der Waals surface area contributed by atoms with Crippen molar-refractivity contribution in [3.05, 3.63) is 42.0 Å². The molecular formula is C20H25NO6. The van der Waals surface area contributed by atoms with Gasteiger partial charge in [0.05, 0.1) is 28.4 Å². The quantitative estimate of drug-likeness (QED) is 0.671. The van der Waals surface area contributed by atoms with Gasteiger partial charge in [0, 0.05) is 13.6 Å². The molecule has 0 saturated heterocycles. The molecule has 2 aromatic rings. The van der Waals surface area contributed by atoms with Gasteiger partial charge in [-0.15, -0.1) is 0 Å². The van der Waals surface area contributed by atoms with Crippen molar-refractivity contribution in [1.29, 1.82) is 0 Å². The summed E-state index contributed by atoms with van der Waals surface area (Å²) < 4.78 is 26.8. The number of methoxy groups -OCH3 is 4. The van der Waals surface area contributed by atoms with Gasteiger partial charge in [-0.3, -0.25) is 4.79 Å². The molecule has 0 fully saturated rings. The summed E-state index contributed by atoms with van der Waals surface area (Å²) in [5.41, 5.74) is 0.845. The van der Waals surface area contributed by atoms with Gasteiger partial charge in [0.25, 0.3) is 5.91 Å². The third kappa shape index (κ3) is 4.97. The Kier molecular flexibility index (Phi) is 7.16. The van der Waals surface area contributed by atoms with E-state index >= 15 is 0 Å². The third-order valence-electron chi connectivity index (χ3n) is 3.99. The van der Waals surface area contributed by atoms with Crippen LogP contribution in [0.4, 0.5) is 0 Å². The van der Waals surface area contributed by atoms with E-state index in [1.807, 2.05) is 24.3 Å². The largest absolute Gasteiger partial charge is 0.493 e. The first-order chi connectivity index (χ1) is 13.0. The Hall–Kier alpha value is -3.09. The molecule has 0 radical (unpaired) electrons. The Morgan fingerprint density at radius 2 is 1.41 bits per heavy atom. The second kappa shape index (κ2) is 9.56. The molecule has 0 spiro atoms. The van der Waals surface area contributed by atoms with Crippen LogP contribution in [0.5, 0.6) is 28.7 Å². The lowest BCUT2D eigenvalue weighted by Crippen LogP contribution is -2.31. The Morgan fingerprint density at radius 1 is 0.852 bits per heavy atom. The molecule has 2 rings (SSSR count). The third-order valence-corrected chi connectivity index (χ3v) is 3.99. The Labute approximate surface area is 159 Å². The zero-order chi connectivity index (χ0) is 19.8. The molecule has 0 aliphatic heterocycles. The molecule has 2 aromatic carbocycles. The monoisotopic (exact) mass is 375 g/mol. The van der Waals surface area contributed by atoms with Crippen molar-refractivity contribution in [2.75, 3.05) is 42.1 Å². The molecule has 0 heterocycles. The van der Waals surface area contributed by atoms with Crippen molar-refractivity contribution in [3.8, 4) is 28.7 Å². The lowest BCUT2D eigenvalue weighted by molar-refractivity contribution is -0.132. The maximum atomic E-state index is 12.4. The van der Waals surface area contributed by atoms with Gasteiger partial charge in [-0.25, -0.2) is 0 Å². The number of carbonyl (C=O) groups excluding carboxylic acids is 1. The molecule has 0 atom stereocenters. The molecule has 0 aromatic heterocycles. The van der Waals surface area contributed by atoms with E-state index < -0.39 is 0 Å². The average Bonchev–Trinajstić information content (AvgIpc) is 2.71. The molecule has 7 nitrogen and oxygen atoms in total. The number of benzene rings is 2. The van der Waals surface area contributed by atoms with E-state index in [1.165, 1.54) is 0 Å². The minimum absolute atomic E-state index is 0.0959. The number of ether oxygens (including phenoxy) is 5. The van der Waals surface area contributed by atoms with Gasteiger partial charge in [-0.05, 0) is 29.8 Å². The molecule has 1 amide bonds. The zero-order valence-electron chi connectivity index (χ0n) is 16.3. The first-order valence-corrected chi connectivity index (χ1v) is 8.32. The number of likely N-dealkylation sites (N-methyl/N-ethyl adjacent to an activating group) is 1. The van der Waals surface area contributed by atoms with E-state index in [0.717, 1.165) is 5.56 Å². The number of nitrogens with zero attached hydrogens (tertiary/aromatic N) is 1. The molecule has 0 saturated carbocycles. The van der Waals surface area contributed by atoms with Crippen LogP contribution in [0.15, 0.2) is 36.4 Å². The Bertz CT molecular complexity index is 752. The van der Waals surface area contributed by atoms with Crippen LogP contribution < -0.4 is 23.7 Å². The van der Waals surface area contributed by atoms with Crippen LogP contribution in [0, 0.1) is 0 Å². The molecule has 0 N–H and O–H groups in total. The summed E-state index contributed by atoms with van der Waals surface area (Å²) in [5, 5.41) is 0. The first kappa shape index (κ1) is 20.2. The molecule has 27 heavy (non-hydrogen) atoms. The highest BCUT2D eigenvalue weighted by Gasteiger charge is 2.16. The minimum atomic E-state index is -0.172. The van der Waals surface area contributed by atoms with Crippen molar-refractivity contribution in [2.24, 2.45) is 0 Å². The number of amides is 1. The molecule has 0 aliphatic rings. The SMILES string of the molecule is COc1ccccc1OCC(=O)N(C)Cc1cc(OC)c(OC)c(OC)c1. The van der Waals surface area contributed by atoms with Crippen LogP contribution in [0.25, 0.3) is 0 Å². The fraction of sp³-hybridized carbons (Fsp3) is 0.350. The molecule has 0 aliphatic carbocycles. The second-order valence-electron chi connectivity index (χ2n) is 5.72. The predicted octanol–water partition coefficient (Wildman–Crippen LogP) is 2.76. The predicted molar refractivity (Wildman–Crippen MR) is 101 cm³/mol. The first-order valence-electron chi connectivity index (χ1n) is 8.32. The topological polar surface area (TPSA) is 66.5 Å². The minimum Gasteiger partial charge on any atom is -0.493 e. The number of para-hydroxylation sites is 2. The van der Waals surface area contributed by atoms with Gasteiger partial charge in [0.1, 0.15) is 0 Å². The summed E-state index contributed by atoms with van der Waals surface area (Å²) in [6, 6.07) is 10.8. The van der Waals surface area contributed by atoms with Crippen LogP contribution in [-0.2, 0) is 11.3 Å². The molecule has 146 valence electrons. The maximum Gasteiger partial charge on any atom is 0.260 e. The fourth-order valence-corrected chi connectivity index (χ4v) is 2.58. The zero-order valence-corrected chi connectivity index (χ0v) is 16.3. The van der Waals surface area contributed by atoms with E-state index in [0.29, 0.717) is 35.3 Å². The Morgan fingerprint density at radius 3 is 1.93 bits per heavy atom. The summed E-state index contributed by atoms with van der Waals surface area (Å²) in [4.78, 5) is 14.0. The summed E-state index contributed by atoms with van der Waals surface area (Å²) in [6.07, 6.45) is 0. The van der Waals surface area contributed by atoms with E-state index in [-0.39, 0.29) is 12.5 Å². The highest BCUT2D eigenvalue weighted by atomic mass is 16.5. The number of hydrogen-bond donors (Lipinski definition) is 0. The van der Waals surface area contributed by atoms with Crippen molar-refractivity contribution >= 4 is 5.91 Å². The van der Waals surface area contributed by atoms with Crippen LogP contribution in [0.1, 0.15) is 5.56 Å². The van der Waals surface area contributed by atoms with Gasteiger partial charge in [0.15, 0.2) is 29.6 Å². The van der Waals surface area contributed by atoms with Gasteiger partial charge in [-0.1, -0.05) is 12.1 Å². The summed E-state index contributed by atoms with van der Waals surface area (Å²) >= 11 is 0. The van der Waals surface area contributed by atoms with E-state index in [4.69, 9.17) is 23.7 Å². The molecular weight excluding hydrogens is 350 g/mol. The van der Waals surface area contributed by atoms with Crippen molar-refractivity contribution in [1.82, 2.24) is 4.90 Å². The van der Waals surface area contributed by atoms with Crippen LogP contribution in [-0.4, -0.2) is 52.9 Å². The van der Waals surface area contributed by atoms with Gasteiger partial charge >= 0.3 is 0 Å². The van der Waals surface area contributed by atoms with Crippen molar-refractivity contribution in [2.45, 2.75) is 6.54 Å². The van der Waals surface area contributed by atoms with E-state index in [9.17, 15) is 4.79 Å². The second-order valence-corrected chi connectivity index (χ2v) is 5.72. The normalized spacial score (nSPS) is 10.1. The number of rotatable bonds is 9. The van der Waals surface area contributed by atoms with Crippen LogP contribution in [0.3, 0.4) is 0 Å². The van der Waals surface area contributed by atoms with Crippen LogP contribution in [0.2, 0.25) is 0 Å². The van der Waals surface area contributed by atoms with Gasteiger partial charge in [-0.2, -0.15) is 0 Å². The highest BCUT2D eigenvalue weighted by molar-refractivity contribution is 5.77. The van der Waals surface area contributed by atoms with Crippen molar-refractivity contribution < 1.29 is 28.5 Å². The van der Waals surface area contributed by atoms with Gasteiger partial charge < -0.3 is 28.6 Å². The van der Waals surface area contributed by atoms with E-state index in [1.54, 1.807) is 52.5 Å². The smallest absolute Gasteiger partial charge is 0.260 e. The standard InChI is InChI=1S/C20H25NO6/c1-21(19(22)13-27-16-9-7-6-8-15(16)23-2)12-14-10-17(24-3)20(26-5)18(11-14)25-4/h6-11H,12-13H2,1-5H3. The fourth-order valence-electron chi connectivity index (χ4n) is 2.58. The summed E-state index contributed by atoms with van der Waals surface area (Å²) in [6.45, 7) is 0.270. The summed E-state index contributed by atoms with van der Waals surface area (Å²) in [5.74, 6) is 2.52. The average molecular weight is 375 g/mol. The highest BCUT2D eigenvalue weighted by Crippen LogP contribution is 2.38. The molecule has 0 bridgehead atoms. The maximum absolute atomic E-state index is 12.4. The molecule has 7 heteroatoms. The van der Waals surface area contributed by atoms with Gasteiger partial charge in [0.2, 0.25) is 5.75 Å². The summed E-state index contributed by atoms with van der Waals surface area (Å²) in [7, 11) is 7.91.